The Morgan fingerprint density at radius 1 is 1.75 bits per heavy atom. The summed E-state index contributed by atoms with van der Waals surface area (Å²) in [5, 5.41) is 0.299. The van der Waals surface area contributed by atoms with Gasteiger partial charge < -0.3 is 4.27 Å². The zero-order chi connectivity index (χ0) is 6.20. The Kier molecular flexibility index (Phi) is 1.35. The third-order valence-corrected chi connectivity index (χ3v) is 3.48. The second-order valence-electron chi connectivity index (χ2n) is 2.17. The lowest BCUT2D eigenvalue weighted by molar-refractivity contribution is 0.680. The summed E-state index contributed by atoms with van der Waals surface area (Å²) in [5.74, 6) is 0. The van der Waals surface area contributed by atoms with Crippen molar-refractivity contribution in [3.63, 3.8) is 0 Å². The fraction of sp³-hybridized carbons (Fsp3) is 1.00. The SMILES string of the molecule is [B]N=S(C)(=O)C1CC1. The van der Waals surface area contributed by atoms with Gasteiger partial charge in [0.25, 0.3) is 7.98 Å². The molecule has 0 saturated heterocycles. The Labute approximate surface area is 51.3 Å². The Balaban J connectivity index is 2.80. The van der Waals surface area contributed by atoms with E-state index in [9.17, 15) is 4.21 Å². The van der Waals surface area contributed by atoms with Gasteiger partial charge in [0.05, 0.1) is 0 Å². The van der Waals surface area contributed by atoms with Crippen LogP contribution < -0.4 is 0 Å². The highest BCUT2D eigenvalue weighted by Gasteiger charge is 2.29. The molecule has 0 heterocycles. The van der Waals surface area contributed by atoms with Crippen molar-refractivity contribution in [3.8, 4) is 0 Å². The molecule has 0 aromatic heterocycles. The van der Waals surface area contributed by atoms with Gasteiger partial charge in [0.1, 0.15) is 0 Å². The van der Waals surface area contributed by atoms with Crippen molar-refractivity contribution in [1.82, 2.24) is 0 Å². The standard InChI is InChI=1S/C4H8BNOS/c1-8(7,6-5)4-2-3-4/h4H,2-3H2,1H3. The normalized spacial score (nSPS) is 26.6. The summed E-state index contributed by atoms with van der Waals surface area (Å²) < 4.78 is 14.3. The average molecular weight is 129 g/mol. The molecule has 0 spiro atoms. The fourth-order valence-electron chi connectivity index (χ4n) is 0.591. The minimum absolute atomic E-state index is 0.299. The van der Waals surface area contributed by atoms with Gasteiger partial charge in [-0.2, -0.15) is 0 Å². The van der Waals surface area contributed by atoms with E-state index in [1.54, 1.807) is 6.26 Å². The molecular weight excluding hydrogens is 121 g/mol. The smallest absolute Gasteiger partial charge is 0.273 e. The second kappa shape index (κ2) is 1.76. The Bertz CT molecular complexity index is 190. The van der Waals surface area contributed by atoms with Crippen LogP contribution >= 0.6 is 0 Å². The van der Waals surface area contributed by atoms with Gasteiger partial charge in [0.2, 0.25) is 0 Å². The van der Waals surface area contributed by atoms with Crippen LogP contribution in [0.3, 0.4) is 0 Å². The number of hydrogen-bond donors (Lipinski definition) is 0. The van der Waals surface area contributed by atoms with E-state index in [0.717, 1.165) is 12.8 Å². The third kappa shape index (κ3) is 1.05. The molecule has 1 atom stereocenters. The van der Waals surface area contributed by atoms with Crippen LogP contribution in [0.1, 0.15) is 12.8 Å². The van der Waals surface area contributed by atoms with Crippen LogP contribution in [-0.2, 0) is 9.73 Å². The van der Waals surface area contributed by atoms with E-state index in [2.05, 4.69) is 4.27 Å². The monoisotopic (exact) mass is 129 g/mol. The third-order valence-electron chi connectivity index (χ3n) is 1.35. The van der Waals surface area contributed by atoms with Crippen molar-refractivity contribution >= 4 is 17.7 Å². The molecule has 0 bridgehead atoms. The van der Waals surface area contributed by atoms with E-state index in [-0.39, 0.29) is 0 Å². The maximum absolute atomic E-state index is 11.0. The Morgan fingerprint density at radius 2 is 2.25 bits per heavy atom. The van der Waals surface area contributed by atoms with Crippen LogP contribution in [-0.4, -0.2) is 23.7 Å². The predicted molar refractivity (Wildman–Crippen MR) is 35.3 cm³/mol. The van der Waals surface area contributed by atoms with Crippen LogP contribution in [0, 0.1) is 0 Å². The first-order chi connectivity index (χ1) is 3.67. The van der Waals surface area contributed by atoms with Gasteiger partial charge in [0.15, 0.2) is 0 Å². The largest absolute Gasteiger partial charge is 0.313 e. The van der Waals surface area contributed by atoms with E-state index in [4.69, 9.17) is 7.98 Å². The second-order valence-corrected chi connectivity index (χ2v) is 4.77. The number of nitrogens with zero attached hydrogens (tertiary/aromatic N) is 1. The topological polar surface area (TPSA) is 29.4 Å². The molecule has 4 heteroatoms. The maximum atomic E-state index is 11.0. The summed E-state index contributed by atoms with van der Waals surface area (Å²) in [6.45, 7) is 0. The van der Waals surface area contributed by atoms with Gasteiger partial charge in [-0.25, -0.2) is 0 Å². The van der Waals surface area contributed by atoms with Crippen molar-refractivity contribution in [2.24, 2.45) is 4.27 Å². The van der Waals surface area contributed by atoms with Gasteiger partial charge in [-0.15, -0.1) is 0 Å². The van der Waals surface area contributed by atoms with Crippen molar-refractivity contribution < 1.29 is 4.21 Å². The quantitative estimate of drug-likeness (QED) is 0.469. The molecule has 1 aliphatic carbocycles. The molecule has 1 rings (SSSR count). The Hall–Kier alpha value is 0.0149. The molecule has 1 fully saturated rings. The van der Waals surface area contributed by atoms with E-state index < -0.39 is 9.73 Å². The minimum Gasteiger partial charge on any atom is -0.313 e. The van der Waals surface area contributed by atoms with Crippen molar-refractivity contribution in [2.45, 2.75) is 18.1 Å². The first-order valence-corrected chi connectivity index (χ1v) is 4.55. The molecule has 2 radical (unpaired) electrons. The molecule has 1 aliphatic rings. The van der Waals surface area contributed by atoms with Crippen LogP contribution in [0.15, 0.2) is 4.27 Å². The first-order valence-electron chi connectivity index (χ1n) is 2.57. The number of rotatable bonds is 1. The van der Waals surface area contributed by atoms with Crippen LogP contribution in [0.25, 0.3) is 0 Å². The Morgan fingerprint density at radius 3 is 2.38 bits per heavy atom. The van der Waals surface area contributed by atoms with Gasteiger partial charge in [0, 0.05) is 21.2 Å². The van der Waals surface area contributed by atoms with Crippen LogP contribution in [0.2, 0.25) is 0 Å². The molecule has 2 nitrogen and oxygen atoms in total. The van der Waals surface area contributed by atoms with E-state index in [1.165, 1.54) is 0 Å². The highest BCUT2D eigenvalue weighted by atomic mass is 32.2. The maximum Gasteiger partial charge on any atom is 0.273 e. The lowest BCUT2D eigenvalue weighted by Crippen LogP contribution is -2.01. The molecule has 0 aliphatic heterocycles. The van der Waals surface area contributed by atoms with Crippen LogP contribution in [0.4, 0.5) is 0 Å². The predicted octanol–water partition coefficient (Wildman–Crippen LogP) is 0.330. The lowest BCUT2D eigenvalue weighted by Gasteiger charge is -1.95. The van der Waals surface area contributed by atoms with Gasteiger partial charge in [-0.05, 0) is 12.8 Å². The fourth-order valence-corrected chi connectivity index (χ4v) is 1.77. The van der Waals surface area contributed by atoms with E-state index in [1.807, 2.05) is 0 Å². The van der Waals surface area contributed by atoms with E-state index in [0.29, 0.717) is 5.25 Å². The highest BCUT2D eigenvalue weighted by Crippen LogP contribution is 2.28. The van der Waals surface area contributed by atoms with Crippen molar-refractivity contribution in [1.29, 1.82) is 0 Å². The summed E-state index contributed by atoms with van der Waals surface area (Å²) >= 11 is 0. The van der Waals surface area contributed by atoms with Crippen molar-refractivity contribution in [2.75, 3.05) is 6.26 Å². The molecule has 0 amide bonds. The van der Waals surface area contributed by atoms with Gasteiger partial charge in [-0.3, -0.25) is 4.21 Å². The van der Waals surface area contributed by atoms with Crippen molar-refractivity contribution in [3.05, 3.63) is 0 Å². The number of hydrogen-bond acceptors (Lipinski definition) is 2. The molecule has 1 unspecified atom stereocenters. The molecule has 44 valence electrons. The average Bonchev–Trinajstić information content (AvgIpc) is 2.44. The zero-order valence-electron chi connectivity index (χ0n) is 4.83. The molecule has 0 N–H and O–H groups in total. The lowest BCUT2D eigenvalue weighted by atomic mass is 10.5. The summed E-state index contributed by atoms with van der Waals surface area (Å²) in [5.41, 5.74) is 0. The summed E-state index contributed by atoms with van der Waals surface area (Å²) in [6.07, 6.45) is 3.69. The summed E-state index contributed by atoms with van der Waals surface area (Å²) in [4.78, 5) is 0. The molecule has 8 heavy (non-hydrogen) atoms. The molecule has 0 aromatic rings. The molecule has 0 aromatic carbocycles. The van der Waals surface area contributed by atoms with Gasteiger partial charge in [-0.1, -0.05) is 0 Å². The molecule has 1 saturated carbocycles. The van der Waals surface area contributed by atoms with E-state index >= 15 is 0 Å². The molecular formula is C4H8BNOS. The summed E-state index contributed by atoms with van der Waals surface area (Å²) in [6, 6.07) is 0. The van der Waals surface area contributed by atoms with Gasteiger partial charge >= 0.3 is 0 Å². The first kappa shape index (κ1) is 6.14. The minimum atomic E-state index is -1.97. The summed E-state index contributed by atoms with van der Waals surface area (Å²) in [7, 11) is 2.92. The highest BCUT2D eigenvalue weighted by molar-refractivity contribution is 7.94. The van der Waals surface area contributed by atoms with Crippen LogP contribution in [0.5, 0.6) is 0 Å². The zero-order valence-corrected chi connectivity index (χ0v) is 5.65.